The van der Waals surface area contributed by atoms with E-state index in [1.54, 1.807) is 21.9 Å². The predicted octanol–water partition coefficient (Wildman–Crippen LogP) is 6.13. The molecular weight excluding hydrogens is 706 g/mol. The van der Waals surface area contributed by atoms with Gasteiger partial charge in [0, 0.05) is 62.6 Å². The van der Waals surface area contributed by atoms with E-state index in [0.29, 0.717) is 63.1 Å². The first kappa shape index (κ1) is 40.1. The molecule has 2 aliphatic rings. The van der Waals surface area contributed by atoms with Crippen LogP contribution in [0.15, 0.2) is 30.6 Å². The minimum absolute atomic E-state index is 0.00212. The molecule has 3 aromatic rings. The number of anilines is 1. The molecule has 288 valence electrons. The number of halogens is 3. The van der Waals surface area contributed by atoms with Gasteiger partial charge >= 0.3 is 0 Å². The molecule has 14 heteroatoms. The Bertz CT molecular complexity index is 1800. The van der Waals surface area contributed by atoms with Crippen LogP contribution >= 0.6 is 11.6 Å². The third kappa shape index (κ3) is 9.35. The number of likely N-dealkylation sites (tertiary alicyclic amines) is 1. The maximum atomic E-state index is 16.3. The number of carbonyl (C=O) groups excluding carboxylic acids is 3. The number of piperazine rings is 1. The number of benzene rings is 2. The fraction of sp³-hybridized carbons (Fsp3) is 0.564. The van der Waals surface area contributed by atoms with Crippen molar-refractivity contribution in [3.05, 3.63) is 47.2 Å². The van der Waals surface area contributed by atoms with Gasteiger partial charge in [-0.3, -0.25) is 14.4 Å². The first-order valence-corrected chi connectivity index (χ1v) is 18.9. The highest BCUT2D eigenvalue weighted by atomic mass is 35.5. The molecule has 2 fully saturated rings. The topological polar surface area (TPSA) is 128 Å². The summed E-state index contributed by atoms with van der Waals surface area (Å²) >= 11 is 6.69. The van der Waals surface area contributed by atoms with Gasteiger partial charge in [-0.2, -0.15) is 0 Å². The van der Waals surface area contributed by atoms with Gasteiger partial charge in [-0.25, -0.2) is 18.7 Å². The molecule has 5 rings (SSSR count). The molecule has 2 N–H and O–H groups in total. The second-order valence-electron chi connectivity index (χ2n) is 15.1. The smallest absolute Gasteiger partial charge is 0.246 e. The van der Waals surface area contributed by atoms with Crippen LogP contribution in [0.25, 0.3) is 22.0 Å². The number of aliphatic hydroxyl groups excluding tert-OH is 1. The third-order valence-corrected chi connectivity index (χ3v) is 10.4. The maximum Gasteiger partial charge on any atom is 0.246 e. The quantitative estimate of drug-likeness (QED) is 0.200. The summed E-state index contributed by atoms with van der Waals surface area (Å²) in [5, 5.41) is 13.3. The van der Waals surface area contributed by atoms with E-state index in [-0.39, 0.29) is 70.8 Å². The Kier molecular flexibility index (Phi) is 13.1. The summed E-state index contributed by atoms with van der Waals surface area (Å²) < 4.78 is 37.7. The second-order valence-corrected chi connectivity index (χ2v) is 15.5. The van der Waals surface area contributed by atoms with Crippen LogP contribution in [0.1, 0.15) is 79.6 Å². The molecule has 2 aliphatic heterocycles. The van der Waals surface area contributed by atoms with Crippen LogP contribution in [0.3, 0.4) is 0 Å². The van der Waals surface area contributed by atoms with Crippen molar-refractivity contribution in [1.82, 2.24) is 25.1 Å². The fourth-order valence-electron chi connectivity index (χ4n) is 7.14. The summed E-state index contributed by atoms with van der Waals surface area (Å²) in [4.78, 5) is 52.3. The first-order chi connectivity index (χ1) is 25.2. The number of aromatic nitrogens is 2. The molecule has 3 heterocycles. The zero-order valence-electron chi connectivity index (χ0n) is 31.3. The Morgan fingerprint density at radius 1 is 1.06 bits per heavy atom. The van der Waals surface area contributed by atoms with Gasteiger partial charge < -0.3 is 29.9 Å². The molecule has 0 radical (unpaired) electrons. The van der Waals surface area contributed by atoms with Gasteiger partial charge in [0.25, 0.3) is 0 Å². The highest BCUT2D eigenvalue weighted by Crippen LogP contribution is 2.42. The van der Waals surface area contributed by atoms with Crippen molar-refractivity contribution in [3.63, 3.8) is 0 Å². The van der Waals surface area contributed by atoms with Crippen molar-refractivity contribution in [1.29, 1.82) is 0 Å². The Morgan fingerprint density at radius 2 is 1.77 bits per heavy atom. The van der Waals surface area contributed by atoms with Gasteiger partial charge in [-0.1, -0.05) is 58.2 Å². The Morgan fingerprint density at radius 3 is 2.43 bits per heavy atom. The largest absolute Gasteiger partial charge is 0.493 e. The Balaban J connectivity index is 1.17. The van der Waals surface area contributed by atoms with Crippen molar-refractivity contribution >= 4 is 46.0 Å². The summed E-state index contributed by atoms with van der Waals surface area (Å²) in [6, 6.07) is 5.05. The minimum atomic E-state index is -0.785. The standard InChI is InChI=1S/C39H51ClF2N6O5/c1-6-31(51)46-15-17-47(18-16-46)37-26-21-27(40)32(34(42)35(26)43-23-44-37)33-28(41)12-11-13-29(33)53-19-10-8-7-9-14-30(50)45-36(39(3,4)5)38(52)48-22-25(49)20-24(48)2/h11-13,21,23-25,36,49H,6-10,14-20,22H2,1-5H3,(H,45,50)/t24-,25-,36?/m1/s1. The minimum Gasteiger partial charge on any atom is -0.493 e. The number of hydrogen-bond donors (Lipinski definition) is 2. The van der Waals surface area contributed by atoms with Crippen LogP contribution in [0.4, 0.5) is 14.6 Å². The predicted molar refractivity (Wildman–Crippen MR) is 201 cm³/mol. The third-order valence-electron chi connectivity index (χ3n) is 10.1. The molecular formula is C39H51ClF2N6O5. The number of nitrogens with zero attached hydrogens (tertiary/aromatic N) is 5. The van der Waals surface area contributed by atoms with Crippen LogP contribution in [0.2, 0.25) is 5.02 Å². The molecule has 0 bridgehead atoms. The number of hydrogen-bond acceptors (Lipinski definition) is 8. The molecule has 53 heavy (non-hydrogen) atoms. The van der Waals surface area contributed by atoms with E-state index in [1.165, 1.54) is 18.5 Å². The van der Waals surface area contributed by atoms with Gasteiger partial charge in [0.05, 0.1) is 23.3 Å². The fourth-order valence-corrected chi connectivity index (χ4v) is 7.42. The molecule has 1 aromatic heterocycles. The van der Waals surface area contributed by atoms with E-state index in [1.807, 2.05) is 39.5 Å². The molecule has 3 atom stereocenters. The molecule has 0 spiro atoms. The van der Waals surface area contributed by atoms with Crippen LogP contribution < -0.4 is 15.0 Å². The number of aliphatic hydroxyl groups is 1. The number of amides is 3. The van der Waals surface area contributed by atoms with Crippen molar-refractivity contribution in [2.45, 2.75) is 97.8 Å². The number of nitrogens with one attached hydrogen (secondary N) is 1. The monoisotopic (exact) mass is 756 g/mol. The zero-order chi connectivity index (χ0) is 38.4. The van der Waals surface area contributed by atoms with Crippen molar-refractivity contribution in [2.24, 2.45) is 5.41 Å². The van der Waals surface area contributed by atoms with E-state index < -0.39 is 29.2 Å². The number of unbranched alkanes of at least 4 members (excludes halogenated alkanes) is 3. The van der Waals surface area contributed by atoms with E-state index >= 15 is 8.78 Å². The van der Waals surface area contributed by atoms with Crippen molar-refractivity contribution < 1.29 is 33.0 Å². The molecule has 0 saturated carbocycles. The average molecular weight is 757 g/mol. The molecule has 1 unspecified atom stereocenters. The lowest BCUT2D eigenvalue weighted by molar-refractivity contribution is -0.140. The molecule has 2 aromatic carbocycles. The van der Waals surface area contributed by atoms with E-state index in [2.05, 4.69) is 15.3 Å². The summed E-state index contributed by atoms with van der Waals surface area (Å²) in [5.74, 6) is -1.14. The lowest BCUT2D eigenvalue weighted by atomic mass is 9.85. The zero-order valence-corrected chi connectivity index (χ0v) is 32.0. The van der Waals surface area contributed by atoms with E-state index in [9.17, 15) is 19.5 Å². The van der Waals surface area contributed by atoms with Crippen LogP contribution in [0, 0.1) is 17.0 Å². The van der Waals surface area contributed by atoms with E-state index in [4.69, 9.17) is 16.3 Å². The number of ether oxygens (including phenoxy) is 1. The van der Waals surface area contributed by atoms with Crippen molar-refractivity contribution in [2.75, 3.05) is 44.2 Å². The van der Waals surface area contributed by atoms with Gasteiger partial charge in [-0.05, 0) is 49.8 Å². The number of β-amino-alcohol motifs (C(OH)–C–C–N with tert-alkyl or cyclic N) is 1. The molecule has 2 saturated heterocycles. The van der Waals surface area contributed by atoms with Gasteiger partial charge in [0.15, 0.2) is 5.82 Å². The summed E-state index contributed by atoms with van der Waals surface area (Å²) in [7, 11) is 0. The van der Waals surface area contributed by atoms with Gasteiger partial charge in [0.1, 0.15) is 35.3 Å². The molecule has 0 aliphatic carbocycles. The average Bonchev–Trinajstić information content (AvgIpc) is 3.47. The Hall–Kier alpha value is -4.10. The van der Waals surface area contributed by atoms with Crippen LogP contribution in [-0.4, -0.2) is 100 Å². The summed E-state index contributed by atoms with van der Waals surface area (Å²) in [6.45, 7) is 12.0. The summed E-state index contributed by atoms with van der Waals surface area (Å²) in [5.41, 5.74) is -0.746. The van der Waals surface area contributed by atoms with Crippen LogP contribution in [-0.2, 0) is 14.4 Å². The highest BCUT2D eigenvalue weighted by Gasteiger charge is 2.40. The second kappa shape index (κ2) is 17.4. The molecule has 3 amide bonds. The number of carbonyl (C=O) groups is 3. The Labute approximate surface area is 315 Å². The highest BCUT2D eigenvalue weighted by molar-refractivity contribution is 6.34. The SMILES string of the molecule is CCC(=O)N1CCN(c2ncnc3c(F)c(-c4c(F)cccc4OCCCCCCC(=O)NC(C(=O)N4C[C@H](O)C[C@H]4C)C(C)(C)C)c(Cl)cc23)CC1. The normalized spacial score (nSPS) is 18.4. The van der Waals surface area contributed by atoms with E-state index in [0.717, 1.165) is 12.8 Å². The first-order valence-electron chi connectivity index (χ1n) is 18.6. The lowest BCUT2D eigenvalue weighted by Gasteiger charge is -2.35. The summed E-state index contributed by atoms with van der Waals surface area (Å²) in [6.07, 6.45) is 4.60. The van der Waals surface area contributed by atoms with Gasteiger partial charge in [0.2, 0.25) is 17.7 Å². The number of fused-ring (bicyclic) bond motifs is 1. The lowest BCUT2D eigenvalue weighted by Crippen LogP contribution is -2.55. The molecule has 11 nitrogen and oxygen atoms in total. The van der Waals surface area contributed by atoms with Crippen LogP contribution in [0.5, 0.6) is 5.75 Å². The maximum absolute atomic E-state index is 16.3. The van der Waals surface area contributed by atoms with Gasteiger partial charge in [-0.15, -0.1) is 0 Å². The number of rotatable bonds is 13. The van der Waals surface area contributed by atoms with Crippen molar-refractivity contribution in [3.8, 4) is 16.9 Å².